The van der Waals surface area contributed by atoms with E-state index in [4.69, 9.17) is 16.2 Å². The van der Waals surface area contributed by atoms with Gasteiger partial charge >= 0.3 is 5.97 Å². The van der Waals surface area contributed by atoms with Crippen molar-refractivity contribution in [1.82, 2.24) is 4.98 Å². The van der Waals surface area contributed by atoms with E-state index in [0.717, 1.165) is 48.3 Å². The molecule has 2 aromatic rings. The van der Waals surface area contributed by atoms with Gasteiger partial charge in [-0.1, -0.05) is 0 Å². The van der Waals surface area contributed by atoms with Crippen LogP contribution in [-0.2, 0) is 11.2 Å². The van der Waals surface area contributed by atoms with Crippen LogP contribution in [0.15, 0.2) is 29.6 Å². The van der Waals surface area contributed by atoms with Crippen LogP contribution >= 0.6 is 11.3 Å². The van der Waals surface area contributed by atoms with Gasteiger partial charge < -0.3 is 20.6 Å². The number of nitrogens with zero attached hydrogens (tertiary/aromatic N) is 3. The third-order valence-corrected chi connectivity index (χ3v) is 5.18. The van der Waals surface area contributed by atoms with Crippen LogP contribution in [-0.4, -0.2) is 48.1 Å². The summed E-state index contributed by atoms with van der Waals surface area (Å²) in [6.07, 6.45) is 0.599. The molecule has 7 nitrogen and oxygen atoms in total. The maximum atomic E-state index is 10.7. The minimum Gasteiger partial charge on any atom is -0.481 e. The Balaban J connectivity index is 1.56. The number of carbonyl (C=O) groups is 1. The highest BCUT2D eigenvalue weighted by Gasteiger charge is 2.20. The Morgan fingerprint density at radius 3 is 2.44 bits per heavy atom. The predicted molar refractivity (Wildman–Crippen MR) is 100.0 cm³/mol. The van der Waals surface area contributed by atoms with E-state index in [1.807, 2.05) is 29.6 Å². The molecule has 132 valence electrons. The molecular weight excluding hydrogens is 338 g/mol. The van der Waals surface area contributed by atoms with Gasteiger partial charge in [-0.05, 0) is 24.3 Å². The van der Waals surface area contributed by atoms with Crippen molar-refractivity contribution in [2.24, 2.45) is 5.73 Å². The highest BCUT2D eigenvalue weighted by molar-refractivity contribution is 7.13. The van der Waals surface area contributed by atoms with Gasteiger partial charge in [0.1, 0.15) is 5.84 Å². The molecule has 1 saturated heterocycles. The molecule has 1 aromatic heterocycles. The predicted octanol–water partition coefficient (Wildman–Crippen LogP) is 1.77. The number of aryl methyl sites for hydroxylation is 1. The van der Waals surface area contributed by atoms with Crippen molar-refractivity contribution >= 4 is 34.0 Å². The molecule has 0 saturated carbocycles. The van der Waals surface area contributed by atoms with Crippen molar-refractivity contribution in [2.75, 3.05) is 36.0 Å². The van der Waals surface area contributed by atoms with Gasteiger partial charge in [0.15, 0.2) is 5.13 Å². The number of anilines is 2. The number of carboxylic acid groups (broad SMARTS) is 1. The second-order valence-electron chi connectivity index (χ2n) is 5.95. The van der Waals surface area contributed by atoms with E-state index in [-0.39, 0.29) is 12.3 Å². The molecule has 25 heavy (non-hydrogen) atoms. The Kier molecular flexibility index (Phi) is 5.18. The van der Waals surface area contributed by atoms with Crippen LogP contribution in [0.5, 0.6) is 0 Å². The summed E-state index contributed by atoms with van der Waals surface area (Å²) in [5, 5.41) is 19.1. The average Bonchev–Trinajstić information content (AvgIpc) is 3.09. The Morgan fingerprint density at radius 1 is 1.20 bits per heavy atom. The molecule has 4 N–H and O–H groups in total. The molecular formula is C17H21N5O2S. The van der Waals surface area contributed by atoms with Gasteiger partial charge in [0.2, 0.25) is 0 Å². The van der Waals surface area contributed by atoms with Crippen molar-refractivity contribution < 1.29 is 9.90 Å². The summed E-state index contributed by atoms with van der Waals surface area (Å²) >= 11 is 1.58. The lowest BCUT2D eigenvalue weighted by Crippen LogP contribution is -2.46. The quantitative estimate of drug-likeness (QED) is 0.536. The zero-order chi connectivity index (χ0) is 17.8. The van der Waals surface area contributed by atoms with E-state index in [9.17, 15) is 4.79 Å². The second kappa shape index (κ2) is 7.52. The summed E-state index contributed by atoms with van der Waals surface area (Å²) in [4.78, 5) is 19.8. The number of thiazole rings is 1. The molecule has 0 radical (unpaired) electrons. The first kappa shape index (κ1) is 17.2. The van der Waals surface area contributed by atoms with Gasteiger partial charge in [0.25, 0.3) is 0 Å². The van der Waals surface area contributed by atoms with E-state index < -0.39 is 5.97 Å². The zero-order valence-electron chi connectivity index (χ0n) is 13.8. The molecule has 0 bridgehead atoms. The summed E-state index contributed by atoms with van der Waals surface area (Å²) in [7, 11) is 0. The number of nitrogens with one attached hydrogen (secondary N) is 1. The molecule has 0 spiro atoms. The van der Waals surface area contributed by atoms with E-state index in [1.165, 1.54) is 0 Å². The standard InChI is InChI=1S/C17H21N5O2S/c18-16(19)12-1-4-14(5-2-12)21-7-9-22(10-8-21)17-20-13(11-25-17)3-6-15(23)24/h1-2,4-5,11H,3,6-10H2,(H3,18,19)(H,23,24). The van der Waals surface area contributed by atoms with E-state index >= 15 is 0 Å². The summed E-state index contributed by atoms with van der Waals surface area (Å²) in [6, 6.07) is 7.75. The Bertz CT molecular complexity index is 751. The van der Waals surface area contributed by atoms with Crippen LogP contribution in [0, 0.1) is 5.41 Å². The first-order chi connectivity index (χ1) is 12.0. The van der Waals surface area contributed by atoms with E-state index in [2.05, 4.69) is 14.8 Å². The minimum absolute atomic E-state index is 0.0823. The highest BCUT2D eigenvalue weighted by atomic mass is 32.1. The molecule has 1 aliphatic heterocycles. The number of rotatable bonds is 6. The Labute approximate surface area is 150 Å². The number of aromatic nitrogens is 1. The van der Waals surface area contributed by atoms with Crippen molar-refractivity contribution in [2.45, 2.75) is 12.8 Å². The Hall–Kier alpha value is -2.61. The topological polar surface area (TPSA) is 107 Å². The fourth-order valence-corrected chi connectivity index (χ4v) is 3.71. The maximum absolute atomic E-state index is 10.7. The largest absolute Gasteiger partial charge is 0.481 e. The summed E-state index contributed by atoms with van der Waals surface area (Å²) in [6.45, 7) is 3.54. The van der Waals surface area contributed by atoms with Gasteiger partial charge in [-0.3, -0.25) is 10.2 Å². The molecule has 0 unspecified atom stereocenters. The summed E-state index contributed by atoms with van der Waals surface area (Å²) < 4.78 is 0. The van der Waals surface area contributed by atoms with Crippen molar-refractivity contribution in [3.63, 3.8) is 0 Å². The van der Waals surface area contributed by atoms with Gasteiger partial charge in [-0.15, -0.1) is 11.3 Å². The molecule has 0 atom stereocenters. The SMILES string of the molecule is N=C(N)c1ccc(N2CCN(c3nc(CCC(=O)O)cs3)CC2)cc1. The molecule has 8 heteroatoms. The number of benzene rings is 1. The smallest absolute Gasteiger partial charge is 0.303 e. The molecule has 0 amide bonds. The van der Waals surface area contributed by atoms with Crippen molar-refractivity contribution in [1.29, 1.82) is 5.41 Å². The zero-order valence-corrected chi connectivity index (χ0v) is 14.6. The molecule has 1 aliphatic rings. The first-order valence-electron chi connectivity index (χ1n) is 8.13. The molecule has 1 fully saturated rings. The second-order valence-corrected chi connectivity index (χ2v) is 6.79. The number of amidine groups is 1. The third-order valence-electron chi connectivity index (χ3n) is 4.23. The lowest BCUT2D eigenvalue weighted by molar-refractivity contribution is -0.136. The van der Waals surface area contributed by atoms with Crippen LogP contribution in [0.4, 0.5) is 10.8 Å². The van der Waals surface area contributed by atoms with Gasteiger partial charge in [0.05, 0.1) is 12.1 Å². The molecule has 2 heterocycles. The van der Waals surface area contributed by atoms with E-state index in [0.29, 0.717) is 6.42 Å². The fourth-order valence-electron chi connectivity index (χ4n) is 2.80. The molecule has 3 rings (SSSR count). The lowest BCUT2D eigenvalue weighted by atomic mass is 10.1. The number of nitrogen functional groups attached to an aromatic ring is 1. The molecule has 0 aliphatic carbocycles. The number of hydrogen-bond donors (Lipinski definition) is 3. The first-order valence-corrected chi connectivity index (χ1v) is 9.01. The van der Waals surface area contributed by atoms with Crippen LogP contribution in [0.1, 0.15) is 17.7 Å². The van der Waals surface area contributed by atoms with Crippen LogP contribution in [0.2, 0.25) is 0 Å². The number of hydrogen-bond acceptors (Lipinski definition) is 6. The van der Waals surface area contributed by atoms with Gasteiger partial charge in [-0.2, -0.15) is 0 Å². The third kappa shape index (κ3) is 4.27. The average molecular weight is 359 g/mol. The normalized spacial score (nSPS) is 14.6. The van der Waals surface area contributed by atoms with Gasteiger partial charge in [0, 0.05) is 49.2 Å². The Morgan fingerprint density at radius 2 is 1.84 bits per heavy atom. The van der Waals surface area contributed by atoms with Crippen LogP contribution < -0.4 is 15.5 Å². The number of piperazine rings is 1. The monoisotopic (exact) mass is 359 g/mol. The summed E-state index contributed by atoms with van der Waals surface area (Å²) in [5.74, 6) is -0.710. The fraction of sp³-hybridized carbons (Fsp3) is 0.353. The minimum atomic E-state index is -0.793. The number of nitrogens with two attached hydrogens (primary N) is 1. The number of aliphatic carboxylic acids is 1. The number of carboxylic acids is 1. The maximum Gasteiger partial charge on any atom is 0.303 e. The van der Waals surface area contributed by atoms with Gasteiger partial charge in [-0.25, -0.2) is 4.98 Å². The van der Waals surface area contributed by atoms with Crippen molar-refractivity contribution in [3.05, 3.63) is 40.9 Å². The van der Waals surface area contributed by atoms with Crippen LogP contribution in [0.25, 0.3) is 0 Å². The highest BCUT2D eigenvalue weighted by Crippen LogP contribution is 2.24. The van der Waals surface area contributed by atoms with Crippen LogP contribution in [0.3, 0.4) is 0 Å². The van der Waals surface area contributed by atoms with Crippen molar-refractivity contribution in [3.8, 4) is 0 Å². The lowest BCUT2D eigenvalue weighted by Gasteiger charge is -2.36. The van der Waals surface area contributed by atoms with E-state index in [1.54, 1.807) is 11.3 Å². The summed E-state index contributed by atoms with van der Waals surface area (Å²) in [5.41, 5.74) is 8.21. The molecule has 1 aromatic carbocycles.